The Labute approximate surface area is 101 Å². The quantitative estimate of drug-likeness (QED) is 0.451. The molecule has 1 N–H and O–H groups in total. The summed E-state index contributed by atoms with van der Waals surface area (Å²) in [6.45, 7) is 5.11. The second-order valence-corrected chi connectivity index (χ2v) is 4.61. The lowest BCUT2D eigenvalue weighted by molar-refractivity contribution is -0.384. The van der Waals surface area contributed by atoms with Crippen molar-refractivity contribution in [1.29, 1.82) is 0 Å². The zero-order chi connectivity index (χ0) is 12.8. The molecule has 1 aromatic heterocycles. The van der Waals surface area contributed by atoms with Gasteiger partial charge >= 0.3 is 5.69 Å². The van der Waals surface area contributed by atoms with Crippen molar-refractivity contribution in [1.82, 2.24) is 9.78 Å². The third-order valence-electron chi connectivity index (χ3n) is 2.51. The fraction of sp³-hybridized carbons (Fsp3) is 0.727. The Hall–Kier alpha value is -1.59. The molecule has 0 spiro atoms. The van der Waals surface area contributed by atoms with Gasteiger partial charge in [-0.05, 0) is 12.3 Å². The van der Waals surface area contributed by atoms with E-state index in [2.05, 4.69) is 24.3 Å². The molecule has 0 fully saturated rings. The van der Waals surface area contributed by atoms with Gasteiger partial charge in [0, 0.05) is 13.6 Å². The fourth-order valence-corrected chi connectivity index (χ4v) is 1.62. The van der Waals surface area contributed by atoms with Crippen molar-refractivity contribution in [2.45, 2.75) is 33.1 Å². The lowest BCUT2D eigenvalue weighted by Gasteiger charge is -2.05. The minimum Gasteiger partial charge on any atom is -0.363 e. The molecule has 17 heavy (non-hydrogen) atoms. The van der Waals surface area contributed by atoms with Crippen molar-refractivity contribution in [3.63, 3.8) is 0 Å². The Morgan fingerprint density at radius 1 is 1.53 bits per heavy atom. The highest BCUT2D eigenvalue weighted by Crippen LogP contribution is 2.21. The molecule has 1 aromatic rings. The molecule has 6 nitrogen and oxygen atoms in total. The summed E-state index contributed by atoms with van der Waals surface area (Å²) in [7, 11) is 1.68. The number of rotatable bonds is 7. The fourth-order valence-electron chi connectivity index (χ4n) is 1.62. The van der Waals surface area contributed by atoms with Crippen LogP contribution < -0.4 is 5.32 Å². The van der Waals surface area contributed by atoms with Crippen molar-refractivity contribution in [2.24, 2.45) is 13.0 Å². The predicted molar refractivity (Wildman–Crippen MR) is 67.0 cm³/mol. The molecule has 0 amide bonds. The first-order valence-electron chi connectivity index (χ1n) is 5.92. The first-order valence-corrected chi connectivity index (χ1v) is 5.92. The van der Waals surface area contributed by atoms with Crippen molar-refractivity contribution in [3.8, 4) is 0 Å². The van der Waals surface area contributed by atoms with E-state index in [0.29, 0.717) is 11.7 Å². The Bertz CT molecular complexity index is 374. The highest BCUT2D eigenvalue weighted by molar-refractivity contribution is 5.54. The van der Waals surface area contributed by atoms with Crippen LogP contribution in [0.2, 0.25) is 0 Å². The third kappa shape index (κ3) is 4.42. The lowest BCUT2D eigenvalue weighted by Crippen LogP contribution is -2.04. The number of nitrogens with one attached hydrogen (secondary N) is 1. The summed E-state index contributed by atoms with van der Waals surface area (Å²) >= 11 is 0. The molecule has 0 unspecified atom stereocenters. The second kappa shape index (κ2) is 6.22. The third-order valence-corrected chi connectivity index (χ3v) is 2.51. The Balaban J connectivity index is 2.38. The monoisotopic (exact) mass is 240 g/mol. The Morgan fingerprint density at radius 3 is 2.82 bits per heavy atom. The topological polar surface area (TPSA) is 73.0 Å². The highest BCUT2D eigenvalue weighted by atomic mass is 16.6. The van der Waals surface area contributed by atoms with Crippen molar-refractivity contribution < 1.29 is 4.92 Å². The number of aromatic nitrogens is 2. The second-order valence-electron chi connectivity index (χ2n) is 4.61. The molecule has 96 valence electrons. The number of anilines is 1. The van der Waals surface area contributed by atoms with Crippen LogP contribution in [-0.4, -0.2) is 21.2 Å². The van der Waals surface area contributed by atoms with Gasteiger partial charge in [0.25, 0.3) is 0 Å². The van der Waals surface area contributed by atoms with E-state index in [1.54, 1.807) is 7.05 Å². The highest BCUT2D eigenvalue weighted by Gasteiger charge is 2.17. The number of hydrogen-bond acceptors (Lipinski definition) is 4. The molecular formula is C11H20N4O2. The normalized spacial score (nSPS) is 10.8. The Kier molecular flexibility index (Phi) is 4.93. The number of aryl methyl sites for hydroxylation is 1. The molecule has 0 bridgehead atoms. The van der Waals surface area contributed by atoms with Crippen LogP contribution in [-0.2, 0) is 7.05 Å². The van der Waals surface area contributed by atoms with Gasteiger partial charge in [0.05, 0.1) is 4.92 Å². The van der Waals surface area contributed by atoms with Crippen molar-refractivity contribution >= 4 is 11.5 Å². The molecule has 0 saturated carbocycles. The predicted octanol–water partition coefficient (Wildman–Crippen LogP) is 2.57. The van der Waals surface area contributed by atoms with E-state index in [-0.39, 0.29) is 5.69 Å². The molecule has 6 heteroatoms. The molecule has 0 aromatic carbocycles. The average molecular weight is 240 g/mol. The largest absolute Gasteiger partial charge is 0.363 e. The first-order chi connectivity index (χ1) is 8.00. The minimum atomic E-state index is -0.413. The van der Waals surface area contributed by atoms with Crippen molar-refractivity contribution in [2.75, 3.05) is 11.9 Å². The van der Waals surface area contributed by atoms with Crippen LogP contribution in [0.5, 0.6) is 0 Å². The van der Waals surface area contributed by atoms with E-state index < -0.39 is 4.92 Å². The maximum atomic E-state index is 10.7. The SMILES string of the molecule is CC(C)CCCCNc1nn(C)cc1[N+](=O)[O-]. The van der Waals surface area contributed by atoms with Gasteiger partial charge in [0.2, 0.25) is 5.82 Å². The summed E-state index contributed by atoms with van der Waals surface area (Å²) in [6, 6.07) is 0. The van der Waals surface area contributed by atoms with Gasteiger partial charge in [-0.1, -0.05) is 26.7 Å². The van der Waals surface area contributed by atoms with Crippen LogP contribution in [0.1, 0.15) is 33.1 Å². The molecule has 1 heterocycles. The molecule has 0 radical (unpaired) electrons. The van der Waals surface area contributed by atoms with E-state index in [9.17, 15) is 10.1 Å². The van der Waals surface area contributed by atoms with E-state index >= 15 is 0 Å². The lowest BCUT2D eigenvalue weighted by atomic mass is 10.1. The number of nitrogens with zero attached hydrogens (tertiary/aromatic N) is 3. The summed E-state index contributed by atoms with van der Waals surface area (Å²) in [5.41, 5.74) is 0.0383. The van der Waals surface area contributed by atoms with Crippen LogP contribution >= 0.6 is 0 Å². The standard InChI is InChI=1S/C11H20N4O2/c1-9(2)6-4-5-7-12-11-10(15(16)17)8-14(3)13-11/h8-9H,4-7H2,1-3H3,(H,12,13). The summed E-state index contributed by atoms with van der Waals surface area (Å²) in [5, 5.41) is 17.8. The number of hydrogen-bond donors (Lipinski definition) is 1. The van der Waals surface area contributed by atoms with E-state index in [1.165, 1.54) is 17.3 Å². The molecule has 0 atom stereocenters. The van der Waals surface area contributed by atoms with Gasteiger partial charge in [-0.3, -0.25) is 14.8 Å². The van der Waals surface area contributed by atoms with Gasteiger partial charge in [0.15, 0.2) is 0 Å². The molecule has 1 rings (SSSR count). The maximum absolute atomic E-state index is 10.7. The summed E-state index contributed by atoms with van der Waals surface area (Å²) < 4.78 is 1.45. The van der Waals surface area contributed by atoms with E-state index in [1.807, 2.05) is 0 Å². The smallest absolute Gasteiger partial charge is 0.330 e. The summed E-state index contributed by atoms with van der Waals surface area (Å²) in [5.74, 6) is 1.07. The van der Waals surface area contributed by atoms with Crippen LogP contribution in [0.15, 0.2) is 6.20 Å². The van der Waals surface area contributed by atoms with Crippen molar-refractivity contribution in [3.05, 3.63) is 16.3 Å². The van der Waals surface area contributed by atoms with Gasteiger partial charge in [-0.2, -0.15) is 0 Å². The first kappa shape index (κ1) is 13.5. The van der Waals surface area contributed by atoms with Crippen LogP contribution in [0, 0.1) is 16.0 Å². The van der Waals surface area contributed by atoms with Crippen LogP contribution in [0.3, 0.4) is 0 Å². The summed E-state index contributed by atoms with van der Waals surface area (Å²) in [6.07, 6.45) is 4.74. The van der Waals surface area contributed by atoms with Crippen LogP contribution in [0.25, 0.3) is 0 Å². The van der Waals surface area contributed by atoms with Gasteiger partial charge < -0.3 is 5.32 Å². The van der Waals surface area contributed by atoms with Gasteiger partial charge in [-0.25, -0.2) is 0 Å². The number of nitro groups is 1. The van der Waals surface area contributed by atoms with E-state index in [0.717, 1.165) is 19.4 Å². The zero-order valence-electron chi connectivity index (χ0n) is 10.6. The van der Waals surface area contributed by atoms with Gasteiger partial charge in [0.1, 0.15) is 6.20 Å². The summed E-state index contributed by atoms with van der Waals surface area (Å²) in [4.78, 5) is 10.3. The molecule has 0 saturated heterocycles. The molecule has 0 aliphatic heterocycles. The van der Waals surface area contributed by atoms with Gasteiger partial charge in [-0.15, -0.1) is 5.10 Å². The minimum absolute atomic E-state index is 0.0383. The van der Waals surface area contributed by atoms with E-state index in [4.69, 9.17) is 0 Å². The average Bonchev–Trinajstić information content (AvgIpc) is 2.59. The number of unbranched alkanes of at least 4 members (excludes halogenated alkanes) is 1. The molecule has 0 aliphatic rings. The zero-order valence-corrected chi connectivity index (χ0v) is 10.6. The van der Waals surface area contributed by atoms with Crippen LogP contribution in [0.4, 0.5) is 11.5 Å². The Morgan fingerprint density at radius 2 is 2.24 bits per heavy atom. The molecule has 0 aliphatic carbocycles. The maximum Gasteiger partial charge on any atom is 0.330 e. The molecular weight excluding hydrogens is 220 g/mol.